The normalized spacial score (nSPS) is 16.9. The molecule has 180 valence electrons. The van der Waals surface area contributed by atoms with E-state index in [1.165, 1.54) is 19.2 Å². The monoisotopic (exact) mass is 487 g/mol. The highest BCUT2D eigenvalue weighted by Crippen LogP contribution is 2.26. The van der Waals surface area contributed by atoms with Gasteiger partial charge in [-0.2, -0.15) is 0 Å². The van der Waals surface area contributed by atoms with Gasteiger partial charge in [0, 0.05) is 11.6 Å². The molecule has 10 heteroatoms. The third-order valence-electron chi connectivity index (χ3n) is 5.68. The maximum absolute atomic E-state index is 13.3. The maximum atomic E-state index is 13.3. The van der Waals surface area contributed by atoms with Crippen LogP contribution in [-0.4, -0.2) is 54.0 Å². The summed E-state index contributed by atoms with van der Waals surface area (Å²) in [5.41, 5.74) is 1.51. The lowest BCUT2D eigenvalue weighted by Crippen LogP contribution is -2.48. The molecule has 9 nitrogen and oxygen atoms in total. The van der Waals surface area contributed by atoms with E-state index in [1.807, 2.05) is 6.92 Å². The molecule has 34 heavy (non-hydrogen) atoms. The van der Waals surface area contributed by atoms with E-state index in [2.05, 4.69) is 10.6 Å². The number of amides is 4. The molecule has 0 saturated carbocycles. The van der Waals surface area contributed by atoms with Gasteiger partial charge < -0.3 is 20.5 Å². The fourth-order valence-electron chi connectivity index (χ4n) is 3.83. The smallest absolute Gasteiger partial charge is 0.335 e. The Hall–Kier alpha value is -3.59. The van der Waals surface area contributed by atoms with Crippen molar-refractivity contribution < 1.29 is 29.0 Å². The summed E-state index contributed by atoms with van der Waals surface area (Å²) in [6, 6.07) is 10.0. The molecule has 4 amide bonds. The van der Waals surface area contributed by atoms with Gasteiger partial charge in [0.15, 0.2) is 0 Å². The number of ether oxygens (including phenoxy) is 1. The molecule has 2 atom stereocenters. The topological polar surface area (TPSA) is 125 Å². The van der Waals surface area contributed by atoms with Crippen molar-refractivity contribution >= 4 is 35.4 Å². The molecule has 0 unspecified atom stereocenters. The molecule has 3 N–H and O–H groups in total. The number of nitrogens with one attached hydrogen (secondary N) is 2. The predicted molar refractivity (Wildman–Crippen MR) is 125 cm³/mol. The van der Waals surface area contributed by atoms with Gasteiger partial charge in [-0.15, -0.1) is 0 Å². The van der Waals surface area contributed by atoms with Crippen molar-refractivity contribution in [3.05, 3.63) is 64.2 Å². The van der Waals surface area contributed by atoms with Crippen molar-refractivity contribution in [3.63, 3.8) is 0 Å². The number of carbonyl (C=O) groups excluding carboxylic acids is 3. The Balaban J connectivity index is 1.79. The van der Waals surface area contributed by atoms with Crippen LogP contribution in [0.25, 0.3) is 0 Å². The molecule has 0 spiro atoms. The van der Waals surface area contributed by atoms with E-state index in [4.69, 9.17) is 21.4 Å². The van der Waals surface area contributed by atoms with Crippen LogP contribution in [0.4, 0.5) is 4.79 Å². The fourth-order valence-corrected chi connectivity index (χ4v) is 4.03. The average molecular weight is 488 g/mol. The average Bonchev–Trinajstić information content (AvgIpc) is 2.96. The number of benzene rings is 2. The van der Waals surface area contributed by atoms with E-state index in [0.717, 1.165) is 4.90 Å². The second-order valence-corrected chi connectivity index (χ2v) is 8.36. The standard InChI is InChI=1S/C24H26ClN3O6/c1-3-19(14-4-6-15(7-5-14)23(31)32)27-24(33)28-13-21(29)26-12-17(22(28)30)10-16-11-18(25)8-9-20(16)34-2/h4-9,11,17,19H,3,10,12-13H2,1-2H3,(H,26,29)(H,27,33)(H,31,32)/t17-,19+/m0/s1. The van der Waals surface area contributed by atoms with Crippen molar-refractivity contribution in [2.75, 3.05) is 20.2 Å². The Morgan fingerprint density at radius 2 is 1.94 bits per heavy atom. The summed E-state index contributed by atoms with van der Waals surface area (Å²) in [5.74, 6) is -2.12. The van der Waals surface area contributed by atoms with Crippen LogP contribution in [0.2, 0.25) is 5.02 Å². The molecule has 1 heterocycles. The molecule has 0 radical (unpaired) electrons. The van der Waals surface area contributed by atoms with Gasteiger partial charge in [-0.25, -0.2) is 9.59 Å². The highest BCUT2D eigenvalue weighted by atomic mass is 35.5. The number of halogens is 1. The zero-order chi connectivity index (χ0) is 24.8. The number of hydrogen-bond acceptors (Lipinski definition) is 5. The summed E-state index contributed by atoms with van der Waals surface area (Å²) < 4.78 is 5.36. The number of methoxy groups -OCH3 is 1. The minimum atomic E-state index is -1.05. The first-order chi connectivity index (χ1) is 16.2. The lowest BCUT2D eigenvalue weighted by Gasteiger charge is -2.25. The Morgan fingerprint density at radius 3 is 2.56 bits per heavy atom. The van der Waals surface area contributed by atoms with Gasteiger partial charge in [0.25, 0.3) is 0 Å². The van der Waals surface area contributed by atoms with Crippen molar-refractivity contribution in [1.82, 2.24) is 15.5 Å². The molecular formula is C24H26ClN3O6. The van der Waals surface area contributed by atoms with Crippen LogP contribution in [0.3, 0.4) is 0 Å². The van der Waals surface area contributed by atoms with Gasteiger partial charge >= 0.3 is 12.0 Å². The van der Waals surface area contributed by atoms with E-state index in [1.54, 1.807) is 30.3 Å². The maximum Gasteiger partial charge on any atom is 0.335 e. The van der Waals surface area contributed by atoms with Crippen LogP contribution in [0.5, 0.6) is 5.75 Å². The summed E-state index contributed by atoms with van der Waals surface area (Å²) in [6.07, 6.45) is 0.718. The summed E-state index contributed by atoms with van der Waals surface area (Å²) >= 11 is 6.10. The Bertz CT molecular complexity index is 1090. The number of carboxylic acid groups (broad SMARTS) is 1. The molecule has 1 saturated heterocycles. The fraction of sp³-hybridized carbons (Fsp3) is 0.333. The van der Waals surface area contributed by atoms with Crippen molar-refractivity contribution in [2.45, 2.75) is 25.8 Å². The third-order valence-corrected chi connectivity index (χ3v) is 5.92. The van der Waals surface area contributed by atoms with Gasteiger partial charge in [-0.1, -0.05) is 30.7 Å². The van der Waals surface area contributed by atoms with Crippen LogP contribution in [-0.2, 0) is 16.0 Å². The molecule has 0 aromatic heterocycles. The van der Waals surface area contributed by atoms with Crippen LogP contribution >= 0.6 is 11.6 Å². The molecule has 1 aliphatic heterocycles. The van der Waals surface area contributed by atoms with Crippen molar-refractivity contribution in [3.8, 4) is 5.75 Å². The summed E-state index contributed by atoms with van der Waals surface area (Å²) in [6.45, 7) is 1.52. The molecule has 2 aromatic rings. The summed E-state index contributed by atoms with van der Waals surface area (Å²) in [7, 11) is 1.51. The largest absolute Gasteiger partial charge is 0.496 e. The molecule has 3 rings (SSSR count). The van der Waals surface area contributed by atoms with Crippen molar-refractivity contribution in [2.24, 2.45) is 5.92 Å². The first-order valence-corrected chi connectivity index (χ1v) is 11.2. The number of imide groups is 1. The highest BCUT2D eigenvalue weighted by molar-refractivity contribution is 6.30. The summed E-state index contributed by atoms with van der Waals surface area (Å²) in [4.78, 5) is 50.6. The van der Waals surface area contributed by atoms with Crippen LogP contribution in [0.1, 0.15) is 40.9 Å². The minimum Gasteiger partial charge on any atom is -0.496 e. The van der Waals surface area contributed by atoms with Gasteiger partial charge in [0.05, 0.1) is 24.6 Å². The van der Waals surface area contributed by atoms with Crippen LogP contribution in [0.15, 0.2) is 42.5 Å². The third kappa shape index (κ3) is 5.85. The first-order valence-electron chi connectivity index (χ1n) is 10.8. The van der Waals surface area contributed by atoms with Crippen LogP contribution < -0.4 is 15.4 Å². The van der Waals surface area contributed by atoms with E-state index in [9.17, 15) is 19.2 Å². The molecule has 1 fully saturated rings. The first kappa shape index (κ1) is 25.0. The number of aromatic carboxylic acids is 1. The second kappa shape index (κ2) is 11.0. The molecule has 0 bridgehead atoms. The SMILES string of the molecule is CC[C@@H](NC(=O)N1CC(=O)NC[C@H](Cc2cc(Cl)ccc2OC)C1=O)c1ccc(C(=O)O)cc1. The highest BCUT2D eigenvalue weighted by Gasteiger charge is 2.35. The van der Waals surface area contributed by atoms with E-state index in [0.29, 0.717) is 28.3 Å². The van der Waals surface area contributed by atoms with Gasteiger partial charge in [0.1, 0.15) is 12.3 Å². The Labute approximate surface area is 202 Å². The lowest BCUT2D eigenvalue weighted by molar-refractivity contribution is -0.133. The predicted octanol–water partition coefficient (Wildman–Crippen LogP) is 3.02. The Kier molecular flexibility index (Phi) is 8.12. The number of carboxylic acids is 1. The minimum absolute atomic E-state index is 0.0744. The van der Waals surface area contributed by atoms with E-state index >= 15 is 0 Å². The van der Waals surface area contributed by atoms with E-state index in [-0.39, 0.29) is 18.5 Å². The quantitative estimate of drug-likeness (QED) is 0.551. The van der Waals surface area contributed by atoms with Crippen LogP contribution in [0, 0.1) is 5.92 Å². The number of carbonyl (C=O) groups is 4. The van der Waals surface area contributed by atoms with E-state index < -0.39 is 42.3 Å². The summed E-state index contributed by atoms with van der Waals surface area (Å²) in [5, 5.41) is 15.0. The van der Waals surface area contributed by atoms with Gasteiger partial charge in [0.2, 0.25) is 11.8 Å². The van der Waals surface area contributed by atoms with Gasteiger partial charge in [-0.05, 0) is 54.3 Å². The number of hydrogen-bond donors (Lipinski definition) is 3. The molecule has 2 aromatic carbocycles. The number of rotatable bonds is 7. The molecule has 0 aliphatic carbocycles. The zero-order valence-electron chi connectivity index (χ0n) is 18.8. The van der Waals surface area contributed by atoms with Gasteiger partial charge in [-0.3, -0.25) is 14.5 Å². The number of urea groups is 1. The second-order valence-electron chi connectivity index (χ2n) is 7.92. The molecule has 1 aliphatic rings. The Morgan fingerprint density at radius 1 is 1.24 bits per heavy atom. The number of nitrogens with zero attached hydrogens (tertiary/aromatic N) is 1. The molecular weight excluding hydrogens is 462 g/mol. The lowest BCUT2D eigenvalue weighted by atomic mass is 9.97. The zero-order valence-corrected chi connectivity index (χ0v) is 19.6. The van der Waals surface area contributed by atoms with Crippen molar-refractivity contribution in [1.29, 1.82) is 0 Å².